The zero-order chi connectivity index (χ0) is 22.9. The first-order valence-corrected chi connectivity index (χ1v) is 10.2. The highest BCUT2D eigenvalue weighted by Gasteiger charge is 2.32. The topological polar surface area (TPSA) is 152 Å². The van der Waals surface area contributed by atoms with E-state index >= 15 is 0 Å². The summed E-state index contributed by atoms with van der Waals surface area (Å²) < 4.78 is 10.8. The predicted molar refractivity (Wildman–Crippen MR) is 116 cm³/mol. The Bertz CT molecular complexity index is 1440. The van der Waals surface area contributed by atoms with Gasteiger partial charge in [-0.1, -0.05) is 30.3 Å². The molecule has 2 aromatic heterocycles. The maximum Gasteiger partial charge on any atom is 0.414 e. The van der Waals surface area contributed by atoms with Crippen molar-refractivity contribution in [1.82, 2.24) is 30.7 Å². The van der Waals surface area contributed by atoms with Crippen molar-refractivity contribution in [3.05, 3.63) is 58.4 Å². The maximum absolute atomic E-state index is 12.3. The summed E-state index contributed by atoms with van der Waals surface area (Å²) in [5, 5.41) is 12.2. The number of amides is 2. The molecule has 1 fully saturated rings. The number of aromatic amines is 2. The van der Waals surface area contributed by atoms with Gasteiger partial charge in [0.25, 0.3) is 11.5 Å². The monoisotopic (exact) mass is 446 g/mol. The number of nitrogens with one attached hydrogen (secondary N) is 3. The minimum atomic E-state index is -0.844. The van der Waals surface area contributed by atoms with Crippen molar-refractivity contribution in [3.63, 3.8) is 0 Å². The highest BCUT2D eigenvalue weighted by atomic mass is 16.6. The quantitative estimate of drug-likeness (QED) is 0.406. The van der Waals surface area contributed by atoms with Crippen LogP contribution in [0.5, 0.6) is 5.75 Å². The van der Waals surface area contributed by atoms with Crippen LogP contribution in [-0.4, -0.2) is 50.1 Å². The number of imide groups is 1. The minimum absolute atomic E-state index is 0.131. The van der Waals surface area contributed by atoms with Crippen molar-refractivity contribution >= 4 is 23.2 Å². The summed E-state index contributed by atoms with van der Waals surface area (Å²) in [6.07, 6.45) is -1.30. The zero-order valence-corrected chi connectivity index (χ0v) is 17.4. The summed E-state index contributed by atoms with van der Waals surface area (Å²) in [5.74, 6) is 0.411. The number of hydrogen-bond donors (Lipinski definition) is 3. The predicted octanol–water partition coefficient (Wildman–Crippen LogP) is 1.95. The number of fused-ring (bicyclic) bond motifs is 1. The molecule has 11 nitrogen and oxygen atoms in total. The Morgan fingerprint density at radius 2 is 1.91 bits per heavy atom. The van der Waals surface area contributed by atoms with E-state index < -0.39 is 23.7 Å². The highest BCUT2D eigenvalue weighted by molar-refractivity contribution is 6.00. The van der Waals surface area contributed by atoms with Gasteiger partial charge in [0.05, 0.1) is 12.2 Å². The minimum Gasteiger partial charge on any atom is -0.493 e. The number of carbonyl (C=O) groups excluding carboxylic acids is 2. The molecule has 0 aliphatic carbocycles. The number of hydrogen-bond acceptors (Lipinski definition) is 8. The number of aromatic nitrogens is 5. The molecule has 3 heterocycles. The number of carbonyl (C=O) groups is 2. The van der Waals surface area contributed by atoms with Crippen molar-refractivity contribution in [2.24, 2.45) is 0 Å². The Morgan fingerprint density at radius 3 is 2.70 bits per heavy atom. The molecule has 0 saturated carbocycles. The number of H-pyrrole nitrogens is 2. The van der Waals surface area contributed by atoms with Gasteiger partial charge in [-0.3, -0.25) is 14.9 Å². The van der Waals surface area contributed by atoms with E-state index in [4.69, 9.17) is 9.47 Å². The van der Waals surface area contributed by atoms with Crippen molar-refractivity contribution < 1.29 is 19.1 Å². The molecular weight excluding hydrogens is 428 g/mol. The summed E-state index contributed by atoms with van der Waals surface area (Å²) in [5.41, 5.74) is 3.14. The summed E-state index contributed by atoms with van der Waals surface area (Å²) >= 11 is 0. The van der Waals surface area contributed by atoms with Gasteiger partial charge in [-0.25, -0.2) is 9.78 Å². The largest absolute Gasteiger partial charge is 0.493 e. The zero-order valence-electron chi connectivity index (χ0n) is 17.4. The first-order chi connectivity index (χ1) is 16.0. The van der Waals surface area contributed by atoms with E-state index in [9.17, 15) is 14.4 Å². The van der Waals surface area contributed by atoms with Crippen LogP contribution in [0.3, 0.4) is 0 Å². The van der Waals surface area contributed by atoms with E-state index in [0.29, 0.717) is 23.7 Å². The first kappa shape index (κ1) is 20.4. The van der Waals surface area contributed by atoms with Crippen LogP contribution in [0, 0.1) is 0 Å². The molecule has 1 unspecified atom stereocenters. The maximum atomic E-state index is 12.3. The van der Waals surface area contributed by atoms with Crippen LogP contribution in [0.4, 0.5) is 4.79 Å². The molecule has 166 valence electrons. The van der Waals surface area contributed by atoms with Gasteiger partial charge in [0.15, 0.2) is 11.6 Å². The second-order valence-electron chi connectivity index (χ2n) is 7.34. The third-order valence-corrected chi connectivity index (χ3v) is 5.18. The molecule has 0 spiro atoms. The van der Waals surface area contributed by atoms with Gasteiger partial charge >= 0.3 is 6.09 Å². The number of nitrogens with zero attached hydrogens (tertiary/aromatic N) is 3. The Morgan fingerprint density at radius 1 is 1.06 bits per heavy atom. The highest BCUT2D eigenvalue weighted by Crippen LogP contribution is 2.33. The van der Waals surface area contributed by atoms with Gasteiger partial charge in [0, 0.05) is 6.42 Å². The van der Waals surface area contributed by atoms with Crippen LogP contribution in [0.25, 0.3) is 33.7 Å². The number of ether oxygens (including phenoxy) is 2. The van der Waals surface area contributed by atoms with E-state index in [1.807, 2.05) is 49.4 Å². The van der Waals surface area contributed by atoms with Crippen molar-refractivity contribution in [2.45, 2.75) is 19.4 Å². The fourth-order valence-electron chi connectivity index (χ4n) is 3.68. The molecule has 1 aliphatic rings. The van der Waals surface area contributed by atoms with Crippen LogP contribution in [-0.2, 0) is 16.0 Å². The third-order valence-electron chi connectivity index (χ3n) is 5.18. The normalized spacial score (nSPS) is 15.5. The summed E-state index contributed by atoms with van der Waals surface area (Å²) in [6, 6.07) is 13.1. The SMILES string of the molecule is CCOc1cc(-c2cccc(CC3OC(=O)NC3=O)c2)ccc1-c1nc2n[nH]nc2c(=O)[nH]1. The van der Waals surface area contributed by atoms with Gasteiger partial charge in [-0.15, -0.1) is 10.2 Å². The third kappa shape index (κ3) is 3.91. The average Bonchev–Trinajstić information content (AvgIpc) is 3.40. The molecule has 1 saturated heterocycles. The number of alkyl carbamates (subject to hydrolysis) is 1. The molecule has 33 heavy (non-hydrogen) atoms. The standard InChI is InChI=1S/C22H18N6O5/c1-2-32-15-10-13(6-7-14(15)18-23-19-17(21(30)24-18)26-28-27-19)12-5-3-4-11(8-12)9-16-20(29)25-22(31)33-16/h3-8,10,16H,2,9H2,1H3,(H,25,29,31)(H2,23,24,26,27,28,30). The molecular formula is C22H18N6O5. The van der Waals surface area contributed by atoms with Crippen molar-refractivity contribution in [3.8, 4) is 28.3 Å². The number of benzene rings is 2. The Balaban J connectivity index is 1.49. The lowest BCUT2D eigenvalue weighted by atomic mass is 9.98. The smallest absolute Gasteiger partial charge is 0.414 e. The number of cyclic esters (lactones) is 1. The van der Waals surface area contributed by atoms with Crippen LogP contribution >= 0.6 is 0 Å². The van der Waals surface area contributed by atoms with Gasteiger partial charge in [-0.2, -0.15) is 5.21 Å². The van der Waals surface area contributed by atoms with E-state index in [1.54, 1.807) is 0 Å². The average molecular weight is 446 g/mol. The Labute approximate surface area is 186 Å². The second kappa shape index (κ2) is 8.19. The van der Waals surface area contributed by atoms with Crippen LogP contribution < -0.4 is 15.6 Å². The van der Waals surface area contributed by atoms with Gasteiger partial charge in [0.1, 0.15) is 11.6 Å². The lowest BCUT2D eigenvalue weighted by molar-refractivity contribution is -0.123. The summed E-state index contributed by atoms with van der Waals surface area (Å²) in [4.78, 5) is 42.5. The fourth-order valence-corrected chi connectivity index (χ4v) is 3.68. The molecule has 0 radical (unpaired) electrons. The summed E-state index contributed by atoms with van der Waals surface area (Å²) in [6.45, 7) is 2.27. The van der Waals surface area contributed by atoms with Gasteiger partial charge in [0.2, 0.25) is 5.65 Å². The van der Waals surface area contributed by atoms with Crippen LogP contribution in [0.2, 0.25) is 0 Å². The van der Waals surface area contributed by atoms with Gasteiger partial charge in [-0.05, 0) is 35.7 Å². The molecule has 2 aromatic carbocycles. The first-order valence-electron chi connectivity index (χ1n) is 10.2. The Kier molecular flexibility index (Phi) is 5.05. The second-order valence-corrected chi connectivity index (χ2v) is 7.34. The fraction of sp³-hybridized carbons (Fsp3) is 0.182. The number of rotatable bonds is 6. The van der Waals surface area contributed by atoms with E-state index in [2.05, 4.69) is 30.7 Å². The lowest BCUT2D eigenvalue weighted by Crippen LogP contribution is -2.25. The molecule has 4 aromatic rings. The summed E-state index contributed by atoms with van der Waals surface area (Å²) in [7, 11) is 0. The van der Waals surface area contributed by atoms with Crippen LogP contribution in [0.15, 0.2) is 47.3 Å². The molecule has 1 aliphatic heterocycles. The molecule has 11 heteroatoms. The van der Waals surface area contributed by atoms with E-state index in [-0.39, 0.29) is 17.6 Å². The Hall–Kier alpha value is -4.54. The lowest BCUT2D eigenvalue weighted by Gasteiger charge is -2.13. The van der Waals surface area contributed by atoms with E-state index in [0.717, 1.165) is 16.7 Å². The molecule has 3 N–H and O–H groups in total. The van der Waals surface area contributed by atoms with Gasteiger partial charge < -0.3 is 14.5 Å². The van der Waals surface area contributed by atoms with Crippen LogP contribution in [0.1, 0.15) is 12.5 Å². The molecule has 2 amide bonds. The van der Waals surface area contributed by atoms with Crippen molar-refractivity contribution in [2.75, 3.05) is 6.61 Å². The molecule has 1 atom stereocenters. The molecule has 0 bridgehead atoms. The molecule has 5 rings (SSSR count). The van der Waals surface area contributed by atoms with E-state index in [1.165, 1.54) is 0 Å². The van der Waals surface area contributed by atoms with Crippen molar-refractivity contribution in [1.29, 1.82) is 0 Å².